The number of pyridine rings is 1. The van der Waals surface area contributed by atoms with Crippen LogP contribution in [0.1, 0.15) is 16.7 Å². The van der Waals surface area contributed by atoms with Crippen LogP contribution < -0.4 is 17.2 Å². The van der Waals surface area contributed by atoms with Crippen LogP contribution in [0.15, 0.2) is 24.4 Å². The lowest BCUT2D eigenvalue weighted by molar-refractivity contribution is 0.582. The molecular weight excluding hydrogens is 262 g/mol. The van der Waals surface area contributed by atoms with E-state index in [2.05, 4.69) is 4.98 Å². The zero-order valence-electron chi connectivity index (χ0n) is 10.6. The van der Waals surface area contributed by atoms with E-state index in [9.17, 15) is 8.78 Å². The van der Waals surface area contributed by atoms with E-state index in [4.69, 9.17) is 17.2 Å². The second-order valence-corrected chi connectivity index (χ2v) is 4.21. The van der Waals surface area contributed by atoms with Crippen molar-refractivity contribution >= 4 is 23.7 Å². The Balaban J connectivity index is 2.37. The van der Waals surface area contributed by atoms with E-state index in [1.165, 1.54) is 24.4 Å². The molecule has 0 fully saturated rings. The predicted octanol–water partition coefficient (Wildman–Crippen LogP) is 2.15. The molecule has 1 heterocycles. The molecule has 104 valence electrons. The molecule has 0 spiro atoms. The molecule has 0 bridgehead atoms. The standard InChI is InChI=1S/C14H14F2N4/c15-11-3-4-12(18)13(16)10(11)2-1-8-5-9(6-17)14(19)20-7-8/h1-5,7H,6,17-18H2,(H2,19,20). The van der Waals surface area contributed by atoms with Crippen LogP contribution in [-0.4, -0.2) is 4.98 Å². The van der Waals surface area contributed by atoms with Crippen molar-refractivity contribution in [1.29, 1.82) is 0 Å². The highest BCUT2D eigenvalue weighted by atomic mass is 19.1. The number of anilines is 2. The molecule has 2 rings (SSSR count). The van der Waals surface area contributed by atoms with E-state index in [0.29, 0.717) is 16.9 Å². The lowest BCUT2D eigenvalue weighted by Gasteiger charge is -2.04. The quantitative estimate of drug-likeness (QED) is 0.749. The van der Waals surface area contributed by atoms with E-state index in [1.807, 2.05) is 0 Å². The van der Waals surface area contributed by atoms with Crippen LogP contribution in [0, 0.1) is 11.6 Å². The highest BCUT2D eigenvalue weighted by molar-refractivity contribution is 5.72. The molecule has 6 heteroatoms. The summed E-state index contributed by atoms with van der Waals surface area (Å²) in [5, 5.41) is 0. The maximum Gasteiger partial charge on any atom is 0.156 e. The molecule has 6 N–H and O–H groups in total. The number of nitrogens with zero attached hydrogens (tertiary/aromatic N) is 1. The van der Waals surface area contributed by atoms with Crippen molar-refractivity contribution in [3.05, 3.63) is 52.7 Å². The highest BCUT2D eigenvalue weighted by Crippen LogP contribution is 2.21. The monoisotopic (exact) mass is 276 g/mol. The molecule has 2 aromatic rings. The maximum atomic E-state index is 13.7. The van der Waals surface area contributed by atoms with Crippen LogP contribution in [0.5, 0.6) is 0 Å². The molecular formula is C14H14F2N4. The van der Waals surface area contributed by atoms with Crippen LogP contribution in [0.3, 0.4) is 0 Å². The number of rotatable bonds is 3. The van der Waals surface area contributed by atoms with Crippen LogP contribution in [0.4, 0.5) is 20.3 Å². The summed E-state index contributed by atoms with van der Waals surface area (Å²) < 4.78 is 27.2. The molecule has 0 unspecified atom stereocenters. The fourth-order valence-electron chi connectivity index (χ4n) is 1.71. The van der Waals surface area contributed by atoms with Gasteiger partial charge in [-0.1, -0.05) is 6.08 Å². The van der Waals surface area contributed by atoms with Gasteiger partial charge in [0.1, 0.15) is 11.6 Å². The molecule has 0 amide bonds. The average Bonchev–Trinajstić information content (AvgIpc) is 2.44. The third kappa shape index (κ3) is 2.75. The first-order chi connectivity index (χ1) is 9.52. The lowest BCUT2D eigenvalue weighted by atomic mass is 10.1. The molecule has 0 aliphatic rings. The number of halogens is 2. The maximum absolute atomic E-state index is 13.7. The van der Waals surface area contributed by atoms with E-state index in [0.717, 1.165) is 6.07 Å². The van der Waals surface area contributed by atoms with Gasteiger partial charge in [-0.05, 0) is 29.8 Å². The van der Waals surface area contributed by atoms with Gasteiger partial charge < -0.3 is 17.2 Å². The summed E-state index contributed by atoms with van der Waals surface area (Å²) in [7, 11) is 0. The zero-order chi connectivity index (χ0) is 14.7. The largest absolute Gasteiger partial charge is 0.396 e. The smallest absolute Gasteiger partial charge is 0.156 e. The predicted molar refractivity (Wildman–Crippen MR) is 76.2 cm³/mol. The molecule has 4 nitrogen and oxygen atoms in total. The summed E-state index contributed by atoms with van der Waals surface area (Å²) in [4.78, 5) is 3.96. The molecule has 0 saturated carbocycles. The van der Waals surface area contributed by atoms with E-state index >= 15 is 0 Å². The molecule has 1 aromatic carbocycles. The van der Waals surface area contributed by atoms with Gasteiger partial charge in [-0.3, -0.25) is 0 Å². The lowest BCUT2D eigenvalue weighted by Crippen LogP contribution is -2.03. The summed E-state index contributed by atoms with van der Waals surface area (Å²) in [6.45, 7) is 0.238. The Bertz CT molecular complexity index is 668. The topological polar surface area (TPSA) is 91.0 Å². The summed E-state index contributed by atoms with van der Waals surface area (Å²) in [6, 6.07) is 4.00. The summed E-state index contributed by atoms with van der Waals surface area (Å²) in [5.41, 5.74) is 17.5. The number of nitrogens with two attached hydrogens (primary N) is 3. The van der Waals surface area contributed by atoms with Crippen molar-refractivity contribution in [2.75, 3.05) is 11.5 Å². The van der Waals surface area contributed by atoms with Crippen molar-refractivity contribution in [2.45, 2.75) is 6.54 Å². The summed E-state index contributed by atoms with van der Waals surface area (Å²) >= 11 is 0. The van der Waals surface area contributed by atoms with Crippen LogP contribution in [-0.2, 0) is 6.54 Å². The van der Waals surface area contributed by atoms with Gasteiger partial charge in [0.25, 0.3) is 0 Å². The minimum Gasteiger partial charge on any atom is -0.396 e. The van der Waals surface area contributed by atoms with Gasteiger partial charge in [-0.25, -0.2) is 13.8 Å². The van der Waals surface area contributed by atoms with Crippen molar-refractivity contribution in [1.82, 2.24) is 4.98 Å². The van der Waals surface area contributed by atoms with Crippen LogP contribution >= 0.6 is 0 Å². The minimum absolute atomic E-state index is 0.107. The van der Waals surface area contributed by atoms with Gasteiger partial charge in [-0.2, -0.15) is 0 Å². The number of hydrogen-bond acceptors (Lipinski definition) is 4. The molecule has 0 aliphatic heterocycles. The fraction of sp³-hybridized carbons (Fsp3) is 0.0714. The van der Waals surface area contributed by atoms with Gasteiger partial charge in [0.05, 0.1) is 5.69 Å². The minimum atomic E-state index is -0.788. The first-order valence-corrected chi connectivity index (χ1v) is 5.89. The normalized spacial score (nSPS) is 11.2. The first kappa shape index (κ1) is 14.0. The Kier molecular flexibility index (Phi) is 3.95. The Morgan fingerprint density at radius 1 is 1.15 bits per heavy atom. The van der Waals surface area contributed by atoms with Crippen LogP contribution in [0.25, 0.3) is 12.2 Å². The van der Waals surface area contributed by atoms with Crippen molar-refractivity contribution in [3.63, 3.8) is 0 Å². The van der Waals surface area contributed by atoms with Gasteiger partial charge in [0.15, 0.2) is 5.82 Å². The SMILES string of the molecule is NCc1cc(C=Cc2c(F)ccc(N)c2F)cnc1N. The Morgan fingerprint density at radius 2 is 1.90 bits per heavy atom. The molecule has 0 saturated heterocycles. The van der Waals surface area contributed by atoms with Crippen molar-refractivity contribution in [2.24, 2.45) is 5.73 Å². The van der Waals surface area contributed by atoms with Gasteiger partial charge >= 0.3 is 0 Å². The van der Waals surface area contributed by atoms with Gasteiger partial charge in [-0.15, -0.1) is 0 Å². The highest BCUT2D eigenvalue weighted by Gasteiger charge is 2.09. The first-order valence-electron chi connectivity index (χ1n) is 5.89. The summed E-state index contributed by atoms with van der Waals surface area (Å²) in [6.07, 6.45) is 4.31. The average molecular weight is 276 g/mol. The van der Waals surface area contributed by atoms with E-state index in [1.54, 1.807) is 6.07 Å². The van der Waals surface area contributed by atoms with Gasteiger partial charge in [0.2, 0.25) is 0 Å². The van der Waals surface area contributed by atoms with Crippen molar-refractivity contribution in [3.8, 4) is 0 Å². The van der Waals surface area contributed by atoms with Crippen molar-refractivity contribution < 1.29 is 8.78 Å². The zero-order valence-corrected chi connectivity index (χ0v) is 10.6. The second kappa shape index (κ2) is 5.66. The fourth-order valence-corrected chi connectivity index (χ4v) is 1.71. The third-order valence-electron chi connectivity index (χ3n) is 2.84. The van der Waals surface area contributed by atoms with E-state index in [-0.39, 0.29) is 17.8 Å². The number of hydrogen-bond donors (Lipinski definition) is 3. The molecule has 0 atom stereocenters. The third-order valence-corrected chi connectivity index (χ3v) is 2.84. The number of nitrogen functional groups attached to an aromatic ring is 2. The molecule has 20 heavy (non-hydrogen) atoms. The molecule has 0 radical (unpaired) electrons. The Morgan fingerprint density at radius 3 is 2.60 bits per heavy atom. The van der Waals surface area contributed by atoms with Gasteiger partial charge in [0, 0.05) is 23.9 Å². The second-order valence-electron chi connectivity index (χ2n) is 4.21. The number of benzene rings is 1. The molecule has 0 aliphatic carbocycles. The Hall–Kier alpha value is -2.47. The number of aromatic nitrogens is 1. The molecule has 1 aromatic heterocycles. The summed E-state index contributed by atoms with van der Waals surface area (Å²) in [5.74, 6) is -1.13. The van der Waals surface area contributed by atoms with Crippen LogP contribution in [0.2, 0.25) is 0 Å². The Labute approximate surface area is 114 Å². The van der Waals surface area contributed by atoms with E-state index < -0.39 is 11.6 Å².